The van der Waals surface area contributed by atoms with Gasteiger partial charge in [-0.1, -0.05) is 29.3 Å². The molecule has 1 atom stereocenters. The molecular weight excluding hydrogens is 226 g/mol. The van der Waals surface area contributed by atoms with Gasteiger partial charge in [0.25, 0.3) is 0 Å². The van der Waals surface area contributed by atoms with Crippen LogP contribution in [0.15, 0.2) is 40.3 Å². The van der Waals surface area contributed by atoms with Crippen molar-refractivity contribution in [2.75, 3.05) is 5.75 Å². The minimum Gasteiger partial charge on any atom is -0.324 e. The Hall–Kier alpha value is -0.440. The normalized spacial score (nSPS) is 14.0. The van der Waals surface area contributed by atoms with Gasteiger partial charge in [-0.05, 0) is 31.5 Å². The predicted octanol–water partition coefficient (Wildman–Crippen LogP) is 3.94. The zero-order valence-corrected chi connectivity index (χ0v) is 10.6. The molecule has 0 amide bonds. The summed E-state index contributed by atoms with van der Waals surface area (Å²) in [5, 5.41) is 0. The maximum absolute atomic E-state index is 5.77. The largest absolute Gasteiger partial charge is 0.324 e. The van der Waals surface area contributed by atoms with Gasteiger partial charge in [0.15, 0.2) is 0 Å². The summed E-state index contributed by atoms with van der Waals surface area (Å²) in [7, 11) is 0. The lowest BCUT2D eigenvalue weighted by atomic mass is 10.1. The minimum atomic E-state index is 0.105. The molecule has 1 rings (SSSR count). The van der Waals surface area contributed by atoms with Gasteiger partial charge in [0.2, 0.25) is 0 Å². The Morgan fingerprint density at radius 1 is 1.47 bits per heavy atom. The molecule has 0 saturated heterocycles. The van der Waals surface area contributed by atoms with Gasteiger partial charge < -0.3 is 5.73 Å². The molecule has 0 fully saturated rings. The van der Waals surface area contributed by atoms with E-state index < -0.39 is 0 Å². The lowest BCUT2D eigenvalue weighted by Gasteiger charge is -2.06. The Kier molecular flexibility index (Phi) is 5.23. The van der Waals surface area contributed by atoms with Crippen LogP contribution in [0.2, 0.25) is 0 Å². The summed E-state index contributed by atoms with van der Waals surface area (Å²) < 4.78 is 0. The number of thioether (sulfide) groups is 1. The second-order valence-corrected chi connectivity index (χ2v) is 4.87. The Morgan fingerprint density at radius 3 is 2.53 bits per heavy atom. The van der Waals surface area contributed by atoms with E-state index in [-0.39, 0.29) is 6.04 Å². The summed E-state index contributed by atoms with van der Waals surface area (Å²) >= 11 is 7.37. The fourth-order valence-corrected chi connectivity index (χ4v) is 2.07. The highest BCUT2D eigenvalue weighted by Gasteiger charge is 1.99. The number of benzene rings is 1. The fraction of sp³-hybridized carbons (Fsp3) is 0.333. The first kappa shape index (κ1) is 12.6. The van der Waals surface area contributed by atoms with E-state index in [4.69, 9.17) is 17.3 Å². The Morgan fingerprint density at radius 2 is 2.07 bits per heavy atom. The average molecular weight is 242 g/mol. The third-order valence-corrected chi connectivity index (χ3v) is 3.64. The summed E-state index contributed by atoms with van der Waals surface area (Å²) in [6.07, 6.45) is 0. The number of rotatable bonds is 4. The van der Waals surface area contributed by atoms with Crippen LogP contribution in [0.4, 0.5) is 0 Å². The van der Waals surface area contributed by atoms with Gasteiger partial charge in [-0.2, -0.15) is 0 Å². The molecule has 0 aliphatic heterocycles. The van der Waals surface area contributed by atoms with E-state index in [9.17, 15) is 0 Å². The predicted molar refractivity (Wildman–Crippen MR) is 69.4 cm³/mol. The van der Waals surface area contributed by atoms with Crippen LogP contribution in [0.25, 0.3) is 0 Å². The minimum absolute atomic E-state index is 0.105. The molecule has 2 N–H and O–H groups in total. The van der Waals surface area contributed by atoms with Crippen LogP contribution in [-0.2, 0) is 0 Å². The van der Waals surface area contributed by atoms with E-state index in [1.54, 1.807) is 17.3 Å². The molecule has 0 saturated carbocycles. The Bertz CT molecular complexity index is 330. The topological polar surface area (TPSA) is 26.0 Å². The quantitative estimate of drug-likeness (QED) is 0.808. The third kappa shape index (κ3) is 4.29. The van der Waals surface area contributed by atoms with Gasteiger partial charge in [-0.25, -0.2) is 0 Å². The van der Waals surface area contributed by atoms with Gasteiger partial charge >= 0.3 is 0 Å². The van der Waals surface area contributed by atoms with Crippen LogP contribution in [0.5, 0.6) is 0 Å². The van der Waals surface area contributed by atoms with Crippen LogP contribution >= 0.6 is 23.4 Å². The van der Waals surface area contributed by atoms with Crippen molar-refractivity contribution in [3.63, 3.8) is 0 Å². The van der Waals surface area contributed by atoms with Crippen molar-refractivity contribution in [2.45, 2.75) is 24.8 Å². The maximum atomic E-state index is 5.77. The molecule has 0 aromatic heterocycles. The van der Waals surface area contributed by atoms with E-state index in [2.05, 4.69) is 24.3 Å². The highest BCUT2D eigenvalue weighted by molar-refractivity contribution is 7.99. The molecule has 0 aliphatic rings. The summed E-state index contributed by atoms with van der Waals surface area (Å²) in [4.78, 5) is 1.25. The van der Waals surface area contributed by atoms with E-state index in [1.165, 1.54) is 16.0 Å². The maximum Gasteiger partial charge on any atom is 0.0266 e. The molecule has 0 spiro atoms. The molecule has 1 aromatic carbocycles. The van der Waals surface area contributed by atoms with Crippen molar-refractivity contribution in [3.05, 3.63) is 40.9 Å². The van der Waals surface area contributed by atoms with Gasteiger partial charge in [0, 0.05) is 22.2 Å². The zero-order chi connectivity index (χ0) is 11.3. The van der Waals surface area contributed by atoms with Crippen molar-refractivity contribution in [3.8, 4) is 0 Å². The molecule has 15 heavy (non-hydrogen) atoms. The number of hydrogen-bond donors (Lipinski definition) is 1. The van der Waals surface area contributed by atoms with Gasteiger partial charge in [-0.3, -0.25) is 0 Å². The van der Waals surface area contributed by atoms with E-state index in [1.807, 2.05) is 13.8 Å². The first-order valence-corrected chi connectivity index (χ1v) is 6.30. The van der Waals surface area contributed by atoms with E-state index in [0.29, 0.717) is 0 Å². The molecule has 3 heteroatoms. The Labute approximate surface area is 101 Å². The molecule has 0 aliphatic carbocycles. The summed E-state index contributed by atoms with van der Waals surface area (Å²) in [6.45, 7) is 4.01. The number of hydrogen-bond acceptors (Lipinski definition) is 2. The summed E-state index contributed by atoms with van der Waals surface area (Å²) in [6, 6.07) is 8.46. The molecule has 1 nitrogen and oxygen atoms in total. The molecular formula is C12H16ClNS. The van der Waals surface area contributed by atoms with Crippen molar-refractivity contribution in [2.24, 2.45) is 5.73 Å². The van der Waals surface area contributed by atoms with Crippen LogP contribution in [0.3, 0.4) is 0 Å². The number of nitrogens with two attached hydrogens (primary N) is 1. The molecule has 1 unspecified atom stereocenters. The van der Waals surface area contributed by atoms with Crippen LogP contribution in [-0.4, -0.2) is 5.75 Å². The van der Waals surface area contributed by atoms with Gasteiger partial charge in [-0.15, -0.1) is 11.8 Å². The standard InChI is InChI=1S/C12H16ClNS/c1-9(7-13)8-15-12-5-3-11(4-6-12)10(2)14/h3-7,10H,8,14H2,1-2H3/b9-7+. The highest BCUT2D eigenvalue weighted by Crippen LogP contribution is 2.22. The van der Waals surface area contributed by atoms with E-state index in [0.717, 1.165) is 5.75 Å². The monoisotopic (exact) mass is 241 g/mol. The second kappa shape index (κ2) is 6.21. The fourth-order valence-electron chi connectivity index (χ4n) is 1.10. The van der Waals surface area contributed by atoms with Crippen LogP contribution in [0.1, 0.15) is 25.5 Å². The van der Waals surface area contributed by atoms with E-state index >= 15 is 0 Å². The van der Waals surface area contributed by atoms with Crippen LogP contribution < -0.4 is 5.73 Å². The number of halogens is 1. The lowest BCUT2D eigenvalue weighted by molar-refractivity contribution is 0.817. The lowest BCUT2D eigenvalue weighted by Crippen LogP contribution is -2.04. The van der Waals surface area contributed by atoms with Crippen molar-refractivity contribution in [1.82, 2.24) is 0 Å². The molecule has 0 heterocycles. The zero-order valence-electron chi connectivity index (χ0n) is 9.03. The van der Waals surface area contributed by atoms with Crippen molar-refractivity contribution < 1.29 is 0 Å². The van der Waals surface area contributed by atoms with Crippen LogP contribution in [0, 0.1) is 0 Å². The SMILES string of the molecule is C/C(=C\Cl)CSc1ccc(C(C)N)cc1. The third-order valence-electron chi connectivity index (χ3n) is 2.06. The van der Waals surface area contributed by atoms with Crippen molar-refractivity contribution >= 4 is 23.4 Å². The molecule has 1 aromatic rings. The Balaban J connectivity index is 2.57. The van der Waals surface area contributed by atoms with Gasteiger partial charge in [0.1, 0.15) is 0 Å². The van der Waals surface area contributed by atoms with Gasteiger partial charge in [0.05, 0.1) is 0 Å². The molecule has 0 bridgehead atoms. The second-order valence-electron chi connectivity index (χ2n) is 3.60. The summed E-state index contributed by atoms with van der Waals surface area (Å²) in [5.74, 6) is 0.932. The summed E-state index contributed by atoms with van der Waals surface area (Å²) in [5.41, 5.74) is 9.75. The average Bonchev–Trinajstić information content (AvgIpc) is 2.26. The first-order chi connectivity index (χ1) is 7.13. The molecule has 0 radical (unpaired) electrons. The first-order valence-electron chi connectivity index (χ1n) is 4.87. The van der Waals surface area contributed by atoms with Crippen molar-refractivity contribution in [1.29, 1.82) is 0 Å². The highest BCUT2D eigenvalue weighted by atomic mass is 35.5. The smallest absolute Gasteiger partial charge is 0.0266 e. The molecule has 82 valence electrons.